The zero-order chi connectivity index (χ0) is 13.9. The highest BCUT2D eigenvalue weighted by Crippen LogP contribution is 2.28. The van der Waals surface area contributed by atoms with E-state index in [2.05, 4.69) is 0 Å². The zero-order valence-electron chi connectivity index (χ0n) is 9.29. The summed E-state index contributed by atoms with van der Waals surface area (Å²) in [6.45, 7) is -0.553. The van der Waals surface area contributed by atoms with Crippen LogP contribution in [0.1, 0.15) is 10.4 Å². The maximum absolute atomic E-state index is 11.9. The molecule has 0 fully saturated rings. The van der Waals surface area contributed by atoms with Gasteiger partial charge in [-0.3, -0.25) is 19.7 Å². The van der Waals surface area contributed by atoms with E-state index in [1.165, 1.54) is 25.2 Å². The highest BCUT2D eigenvalue weighted by molar-refractivity contribution is 6.33. The van der Waals surface area contributed by atoms with Gasteiger partial charge < -0.3 is 10.0 Å². The first-order valence-electron chi connectivity index (χ1n) is 4.74. The average molecular weight is 273 g/mol. The molecular formula is C10H9ClN2O5. The Morgan fingerprint density at radius 2 is 2.11 bits per heavy atom. The van der Waals surface area contributed by atoms with Crippen LogP contribution in [0.15, 0.2) is 18.2 Å². The molecule has 0 aliphatic heterocycles. The van der Waals surface area contributed by atoms with Crippen molar-refractivity contribution in [2.24, 2.45) is 0 Å². The van der Waals surface area contributed by atoms with Crippen LogP contribution in [-0.2, 0) is 4.79 Å². The molecule has 96 valence electrons. The molecule has 0 aromatic heterocycles. The summed E-state index contributed by atoms with van der Waals surface area (Å²) < 4.78 is 0. The predicted octanol–water partition coefficient (Wildman–Crippen LogP) is 1.40. The van der Waals surface area contributed by atoms with Crippen LogP contribution in [0.2, 0.25) is 5.02 Å². The third-order valence-electron chi connectivity index (χ3n) is 2.12. The molecule has 1 N–H and O–H groups in total. The Morgan fingerprint density at radius 3 is 2.61 bits per heavy atom. The number of aliphatic carboxylic acids is 1. The molecule has 0 bridgehead atoms. The summed E-state index contributed by atoms with van der Waals surface area (Å²) in [5.41, 5.74) is -0.766. The predicted molar refractivity (Wildman–Crippen MR) is 62.7 cm³/mol. The molecule has 1 aromatic carbocycles. The molecule has 1 rings (SSSR count). The number of amides is 1. The number of benzene rings is 1. The second-order valence-corrected chi connectivity index (χ2v) is 3.86. The van der Waals surface area contributed by atoms with Crippen molar-refractivity contribution in [1.29, 1.82) is 0 Å². The number of carbonyl (C=O) groups excluding carboxylic acids is 1. The van der Waals surface area contributed by atoms with E-state index in [4.69, 9.17) is 16.7 Å². The van der Waals surface area contributed by atoms with Gasteiger partial charge in [0.1, 0.15) is 17.1 Å². The van der Waals surface area contributed by atoms with E-state index in [1.807, 2.05) is 0 Å². The van der Waals surface area contributed by atoms with Crippen molar-refractivity contribution in [1.82, 2.24) is 4.90 Å². The fraction of sp³-hybridized carbons (Fsp3) is 0.200. The number of nitro groups is 1. The largest absolute Gasteiger partial charge is 0.480 e. The number of hydrogen-bond donors (Lipinski definition) is 1. The van der Waals surface area contributed by atoms with Gasteiger partial charge >= 0.3 is 11.7 Å². The maximum Gasteiger partial charge on any atom is 0.323 e. The van der Waals surface area contributed by atoms with Gasteiger partial charge in [0.15, 0.2) is 0 Å². The number of nitrogens with zero attached hydrogens (tertiary/aromatic N) is 2. The molecule has 1 aromatic rings. The first-order chi connectivity index (χ1) is 8.34. The Kier molecular flexibility index (Phi) is 4.22. The molecule has 0 radical (unpaired) electrons. The summed E-state index contributed by atoms with van der Waals surface area (Å²) in [7, 11) is 1.24. The van der Waals surface area contributed by atoms with Crippen molar-refractivity contribution in [2.45, 2.75) is 0 Å². The molecule has 0 aliphatic carbocycles. The lowest BCUT2D eigenvalue weighted by Crippen LogP contribution is -2.32. The van der Waals surface area contributed by atoms with E-state index >= 15 is 0 Å². The summed E-state index contributed by atoms with van der Waals surface area (Å²) in [6.07, 6.45) is 0. The Labute approximate surface area is 107 Å². The molecule has 0 heterocycles. The Morgan fingerprint density at radius 1 is 1.50 bits per heavy atom. The van der Waals surface area contributed by atoms with Crippen LogP contribution < -0.4 is 0 Å². The molecule has 8 heteroatoms. The second-order valence-electron chi connectivity index (χ2n) is 3.45. The smallest absolute Gasteiger partial charge is 0.323 e. The third-order valence-corrected chi connectivity index (χ3v) is 2.42. The first kappa shape index (κ1) is 13.9. The molecule has 0 spiro atoms. The van der Waals surface area contributed by atoms with Crippen LogP contribution in [0.3, 0.4) is 0 Å². The van der Waals surface area contributed by atoms with Crippen LogP contribution in [0.5, 0.6) is 0 Å². The molecule has 0 unspecified atom stereocenters. The number of para-hydroxylation sites is 1. The molecule has 0 saturated heterocycles. The van der Waals surface area contributed by atoms with Crippen LogP contribution >= 0.6 is 11.6 Å². The van der Waals surface area contributed by atoms with Gasteiger partial charge in [-0.1, -0.05) is 17.7 Å². The number of hydrogen-bond acceptors (Lipinski definition) is 4. The highest BCUT2D eigenvalue weighted by Gasteiger charge is 2.26. The SMILES string of the molecule is CN(CC(=O)O)C(=O)c1cccc(Cl)c1[N+](=O)[O-]. The van der Waals surface area contributed by atoms with E-state index in [0.29, 0.717) is 0 Å². The van der Waals surface area contributed by atoms with Gasteiger partial charge in [-0.15, -0.1) is 0 Å². The van der Waals surface area contributed by atoms with Gasteiger partial charge in [0.05, 0.1) is 4.92 Å². The number of nitro benzene ring substituents is 1. The number of carbonyl (C=O) groups is 2. The minimum atomic E-state index is -1.21. The van der Waals surface area contributed by atoms with E-state index in [1.54, 1.807) is 0 Å². The number of carboxylic acids is 1. The summed E-state index contributed by atoms with van der Waals surface area (Å²) in [5, 5.41) is 19.2. The minimum Gasteiger partial charge on any atom is -0.480 e. The van der Waals surface area contributed by atoms with Crippen molar-refractivity contribution >= 4 is 29.2 Å². The molecule has 0 aliphatic rings. The van der Waals surface area contributed by atoms with Crippen molar-refractivity contribution < 1.29 is 19.6 Å². The number of carboxylic acid groups (broad SMARTS) is 1. The normalized spacial score (nSPS) is 9.89. The molecular weight excluding hydrogens is 264 g/mol. The van der Waals surface area contributed by atoms with Gasteiger partial charge in [0, 0.05) is 7.05 Å². The minimum absolute atomic E-state index is 0.172. The zero-order valence-corrected chi connectivity index (χ0v) is 10.0. The standard InChI is InChI=1S/C10H9ClN2O5/c1-12(5-8(14)15)10(16)6-3-2-4-7(11)9(6)13(17)18/h2-4H,5H2,1H3,(H,14,15). The van der Waals surface area contributed by atoms with Gasteiger partial charge in [0.2, 0.25) is 0 Å². The van der Waals surface area contributed by atoms with Crippen molar-refractivity contribution in [3.63, 3.8) is 0 Å². The molecule has 0 saturated carbocycles. The van der Waals surface area contributed by atoms with Crippen molar-refractivity contribution in [2.75, 3.05) is 13.6 Å². The summed E-state index contributed by atoms with van der Waals surface area (Å²) in [5.74, 6) is -1.98. The molecule has 1 amide bonds. The monoisotopic (exact) mass is 272 g/mol. The topological polar surface area (TPSA) is 101 Å². The van der Waals surface area contributed by atoms with Gasteiger partial charge in [-0.25, -0.2) is 0 Å². The Balaban J connectivity index is 3.17. The van der Waals surface area contributed by atoms with E-state index in [9.17, 15) is 19.7 Å². The van der Waals surface area contributed by atoms with E-state index in [0.717, 1.165) is 4.90 Å². The highest BCUT2D eigenvalue weighted by atomic mass is 35.5. The van der Waals surface area contributed by atoms with Crippen LogP contribution in [0.25, 0.3) is 0 Å². The molecule has 7 nitrogen and oxygen atoms in total. The maximum atomic E-state index is 11.9. The molecule has 18 heavy (non-hydrogen) atoms. The van der Waals surface area contributed by atoms with Crippen molar-refractivity contribution in [3.05, 3.63) is 38.9 Å². The van der Waals surface area contributed by atoms with Crippen LogP contribution in [-0.4, -0.2) is 40.4 Å². The first-order valence-corrected chi connectivity index (χ1v) is 5.12. The van der Waals surface area contributed by atoms with Crippen LogP contribution in [0, 0.1) is 10.1 Å². The Bertz CT molecular complexity index is 517. The fourth-order valence-corrected chi connectivity index (χ4v) is 1.60. The van der Waals surface area contributed by atoms with Gasteiger partial charge in [-0.05, 0) is 12.1 Å². The van der Waals surface area contributed by atoms with E-state index < -0.39 is 29.0 Å². The lowest BCUT2D eigenvalue weighted by Gasteiger charge is -2.14. The summed E-state index contributed by atoms with van der Waals surface area (Å²) >= 11 is 5.65. The number of likely N-dealkylation sites (N-methyl/N-ethyl adjacent to an activating group) is 1. The number of rotatable bonds is 4. The molecule has 0 atom stereocenters. The summed E-state index contributed by atoms with van der Waals surface area (Å²) in [6, 6.07) is 3.90. The quantitative estimate of drug-likeness (QED) is 0.659. The number of halogens is 1. The fourth-order valence-electron chi connectivity index (χ4n) is 1.35. The van der Waals surface area contributed by atoms with Crippen LogP contribution in [0.4, 0.5) is 5.69 Å². The Hall–Kier alpha value is -2.15. The lowest BCUT2D eigenvalue weighted by atomic mass is 10.1. The second kappa shape index (κ2) is 5.46. The average Bonchev–Trinajstić information content (AvgIpc) is 2.26. The van der Waals surface area contributed by atoms with Gasteiger partial charge in [0.25, 0.3) is 5.91 Å². The van der Waals surface area contributed by atoms with Gasteiger partial charge in [-0.2, -0.15) is 0 Å². The van der Waals surface area contributed by atoms with Crippen molar-refractivity contribution in [3.8, 4) is 0 Å². The third kappa shape index (κ3) is 2.95. The lowest BCUT2D eigenvalue weighted by molar-refractivity contribution is -0.385. The summed E-state index contributed by atoms with van der Waals surface area (Å²) in [4.78, 5) is 33.2. The van der Waals surface area contributed by atoms with E-state index in [-0.39, 0.29) is 10.6 Å².